The Morgan fingerprint density at radius 1 is 1.67 bits per heavy atom. The minimum atomic E-state index is 0.771. The fourth-order valence-corrected chi connectivity index (χ4v) is 1.37. The number of alkyl halides is 1. The maximum absolute atomic E-state index is 5.76. The monoisotopic (exact) mass is 203 g/mol. The first-order valence-corrected chi connectivity index (χ1v) is 4.05. The van der Waals surface area contributed by atoms with Gasteiger partial charge in [0.2, 0.25) is 0 Å². The van der Waals surface area contributed by atoms with E-state index in [1.165, 1.54) is 0 Å². The molecule has 0 heterocycles. The number of rotatable bonds is 1. The Labute approximate surface area is 68.0 Å². The first-order valence-electron chi connectivity index (χ1n) is 2.55. The average Bonchev–Trinajstić information content (AvgIpc) is 1.89. The molecule has 1 radical (unpaired) electrons. The van der Waals surface area contributed by atoms with Gasteiger partial charge in [-0.3, -0.25) is 0 Å². The van der Waals surface area contributed by atoms with Crippen molar-refractivity contribution in [3.63, 3.8) is 0 Å². The van der Waals surface area contributed by atoms with E-state index in [1.54, 1.807) is 0 Å². The molecule has 0 saturated carbocycles. The van der Waals surface area contributed by atoms with Crippen molar-refractivity contribution in [2.75, 3.05) is 0 Å². The molecule has 1 aromatic carbocycles. The van der Waals surface area contributed by atoms with Gasteiger partial charge in [0, 0.05) is 10.4 Å². The molecular formula is C7H5BrCl. The number of halogens is 2. The van der Waals surface area contributed by atoms with Crippen molar-refractivity contribution in [3.8, 4) is 0 Å². The molecule has 1 rings (SSSR count). The van der Waals surface area contributed by atoms with Crippen LogP contribution in [0.2, 0.25) is 5.02 Å². The second kappa shape index (κ2) is 3.23. The van der Waals surface area contributed by atoms with Crippen molar-refractivity contribution in [1.29, 1.82) is 0 Å². The minimum Gasteiger partial charge on any atom is -0.0875 e. The Bertz CT molecular complexity index is 198. The second-order valence-electron chi connectivity index (χ2n) is 1.63. The third-order valence-electron chi connectivity index (χ3n) is 1.02. The SMILES string of the molecule is Clc1ccc[c]c1CBr. The number of hydrogen-bond acceptors (Lipinski definition) is 0. The topological polar surface area (TPSA) is 0 Å². The predicted molar refractivity (Wildman–Crippen MR) is 42.9 cm³/mol. The maximum atomic E-state index is 5.76. The van der Waals surface area contributed by atoms with Gasteiger partial charge in [-0.15, -0.1) is 0 Å². The smallest absolute Gasteiger partial charge is 0.0452 e. The van der Waals surface area contributed by atoms with Crippen LogP contribution in [0, 0.1) is 6.07 Å². The molecule has 1 aromatic rings. The van der Waals surface area contributed by atoms with Gasteiger partial charge in [0.1, 0.15) is 0 Å². The highest BCUT2D eigenvalue weighted by Gasteiger charge is 1.93. The molecular weight excluding hydrogens is 199 g/mol. The van der Waals surface area contributed by atoms with Gasteiger partial charge in [0.05, 0.1) is 0 Å². The lowest BCUT2D eigenvalue weighted by molar-refractivity contribution is 1.43. The standard InChI is InChI=1S/C7H5BrCl/c8-5-6-3-1-2-4-7(6)9/h1-2,4H,5H2. The molecule has 0 aliphatic rings. The van der Waals surface area contributed by atoms with Crippen molar-refractivity contribution in [2.24, 2.45) is 0 Å². The lowest BCUT2D eigenvalue weighted by Crippen LogP contribution is -1.76. The Kier molecular flexibility index (Phi) is 2.55. The van der Waals surface area contributed by atoms with Gasteiger partial charge in [0.25, 0.3) is 0 Å². The molecule has 0 spiro atoms. The molecule has 0 aliphatic heterocycles. The largest absolute Gasteiger partial charge is 0.0875 e. The first kappa shape index (κ1) is 7.10. The van der Waals surface area contributed by atoms with E-state index in [4.69, 9.17) is 11.6 Å². The zero-order valence-electron chi connectivity index (χ0n) is 4.70. The summed E-state index contributed by atoms with van der Waals surface area (Å²) in [6.07, 6.45) is 0. The highest BCUT2D eigenvalue weighted by molar-refractivity contribution is 9.08. The zero-order chi connectivity index (χ0) is 6.69. The summed E-state index contributed by atoms with van der Waals surface area (Å²) in [6.45, 7) is 0. The van der Waals surface area contributed by atoms with Gasteiger partial charge < -0.3 is 0 Å². The van der Waals surface area contributed by atoms with Crippen LogP contribution in [0.3, 0.4) is 0 Å². The van der Waals surface area contributed by atoms with Crippen LogP contribution in [0.15, 0.2) is 18.2 Å². The lowest BCUT2D eigenvalue weighted by Gasteiger charge is -1.94. The minimum absolute atomic E-state index is 0.771. The quantitative estimate of drug-likeness (QED) is 0.617. The van der Waals surface area contributed by atoms with Gasteiger partial charge >= 0.3 is 0 Å². The van der Waals surface area contributed by atoms with Gasteiger partial charge in [-0.25, -0.2) is 0 Å². The van der Waals surface area contributed by atoms with E-state index in [0.717, 1.165) is 15.9 Å². The molecule has 47 valence electrons. The summed E-state index contributed by atoms with van der Waals surface area (Å²) in [5.74, 6) is 0. The molecule has 0 bridgehead atoms. The Hall–Kier alpha value is -0.0100. The third kappa shape index (κ3) is 1.70. The van der Waals surface area contributed by atoms with Crippen LogP contribution < -0.4 is 0 Å². The first-order chi connectivity index (χ1) is 4.34. The summed E-state index contributed by atoms with van der Waals surface area (Å²) in [6, 6.07) is 8.58. The molecule has 0 aromatic heterocycles. The van der Waals surface area contributed by atoms with E-state index in [-0.39, 0.29) is 0 Å². The molecule has 0 N–H and O–H groups in total. The summed E-state index contributed by atoms with van der Waals surface area (Å²) in [5, 5.41) is 1.54. The Morgan fingerprint density at radius 2 is 2.44 bits per heavy atom. The highest BCUT2D eigenvalue weighted by Crippen LogP contribution is 2.16. The summed E-state index contributed by atoms with van der Waals surface area (Å²) in [5.41, 5.74) is 1.01. The summed E-state index contributed by atoms with van der Waals surface area (Å²) < 4.78 is 0. The number of benzene rings is 1. The van der Waals surface area contributed by atoms with Gasteiger partial charge in [-0.05, 0) is 17.7 Å². The average molecular weight is 204 g/mol. The van der Waals surface area contributed by atoms with E-state index in [1.807, 2.05) is 18.2 Å². The molecule has 9 heavy (non-hydrogen) atoms. The zero-order valence-corrected chi connectivity index (χ0v) is 7.04. The van der Waals surface area contributed by atoms with Crippen LogP contribution in [0.4, 0.5) is 0 Å². The normalized spacial score (nSPS) is 9.56. The van der Waals surface area contributed by atoms with Crippen molar-refractivity contribution in [1.82, 2.24) is 0 Å². The van der Waals surface area contributed by atoms with Gasteiger partial charge in [-0.1, -0.05) is 39.7 Å². The fraction of sp³-hybridized carbons (Fsp3) is 0.143. The molecule has 0 unspecified atom stereocenters. The Morgan fingerprint density at radius 3 is 2.89 bits per heavy atom. The second-order valence-corrected chi connectivity index (χ2v) is 2.60. The molecule has 0 fully saturated rings. The molecule has 0 aliphatic carbocycles. The predicted octanol–water partition coefficient (Wildman–Crippen LogP) is 3.04. The molecule has 0 atom stereocenters. The third-order valence-corrected chi connectivity index (χ3v) is 1.93. The van der Waals surface area contributed by atoms with Gasteiger partial charge in [-0.2, -0.15) is 0 Å². The molecule has 0 nitrogen and oxygen atoms in total. The van der Waals surface area contributed by atoms with Crippen molar-refractivity contribution < 1.29 is 0 Å². The van der Waals surface area contributed by atoms with E-state index in [9.17, 15) is 0 Å². The molecule has 0 saturated heterocycles. The van der Waals surface area contributed by atoms with Crippen LogP contribution in [-0.4, -0.2) is 0 Å². The van der Waals surface area contributed by atoms with Crippen molar-refractivity contribution in [2.45, 2.75) is 5.33 Å². The van der Waals surface area contributed by atoms with Crippen molar-refractivity contribution >= 4 is 27.5 Å². The van der Waals surface area contributed by atoms with Crippen LogP contribution >= 0.6 is 27.5 Å². The highest BCUT2D eigenvalue weighted by atomic mass is 79.9. The van der Waals surface area contributed by atoms with Crippen LogP contribution in [0.5, 0.6) is 0 Å². The van der Waals surface area contributed by atoms with Gasteiger partial charge in [0.15, 0.2) is 0 Å². The van der Waals surface area contributed by atoms with Crippen molar-refractivity contribution in [3.05, 3.63) is 34.9 Å². The van der Waals surface area contributed by atoms with E-state index in [0.29, 0.717) is 0 Å². The maximum Gasteiger partial charge on any atom is 0.0452 e. The van der Waals surface area contributed by atoms with E-state index in [2.05, 4.69) is 22.0 Å². The van der Waals surface area contributed by atoms with Crippen LogP contribution in [-0.2, 0) is 5.33 Å². The summed E-state index contributed by atoms with van der Waals surface area (Å²) in [7, 11) is 0. The van der Waals surface area contributed by atoms with E-state index >= 15 is 0 Å². The fourth-order valence-electron chi connectivity index (χ4n) is 0.553. The molecule has 2 heteroatoms. The molecule has 0 amide bonds. The van der Waals surface area contributed by atoms with E-state index < -0.39 is 0 Å². The Balaban J connectivity index is 3.01. The number of hydrogen-bond donors (Lipinski definition) is 0. The summed E-state index contributed by atoms with van der Waals surface area (Å²) >= 11 is 9.06. The lowest BCUT2D eigenvalue weighted by atomic mass is 10.2. The van der Waals surface area contributed by atoms with Crippen LogP contribution in [0.25, 0.3) is 0 Å². The van der Waals surface area contributed by atoms with Crippen LogP contribution in [0.1, 0.15) is 5.56 Å². The summed E-state index contributed by atoms with van der Waals surface area (Å²) in [4.78, 5) is 0.